The van der Waals surface area contributed by atoms with Crippen molar-refractivity contribution in [3.63, 3.8) is 0 Å². The molecular weight excluding hydrogens is 326 g/mol. The van der Waals surface area contributed by atoms with Crippen LogP contribution >= 0.6 is 0 Å². The van der Waals surface area contributed by atoms with Gasteiger partial charge in [-0.25, -0.2) is 0 Å². The van der Waals surface area contributed by atoms with Gasteiger partial charge in [0.05, 0.1) is 6.61 Å². The van der Waals surface area contributed by atoms with Crippen molar-refractivity contribution in [3.8, 4) is 0 Å². The quantitative estimate of drug-likeness (QED) is 0.577. The smallest absolute Gasteiger partial charge is 0.258 e. The second-order valence-electron chi connectivity index (χ2n) is 8.05. The molecule has 7 nitrogen and oxygen atoms in total. The maximum Gasteiger partial charge on any atom is 0.258 e. The summed E-state index contributed by atoms with van der Waals surface area (Å²) >= 11 is 0. The van der Waals surface area contributed by atoms with E-state index < -0.39 is 17.7 Å². The third-order valence-corrected chi connectivity index (χ3v) is 6.39. The third kappa shape index (κ3) is 2.67. The van der Waals surface area contributed by atoms with Crippen molar-refractivity contribution >= 4 is 5.90 Å². The fourth-order valence-corrected chi connectivity index (χ4v) is 5.13. The van der Waals surface area contributed by atoms with E-state index in [2.05, 4.69) is 5.16 Å². The maximum absolute atomic E-state index is 9.36. The molecule has 0 bridgehead atoms. The highest BCUT2D eigenvalue weighted by Crippen LogP contribution is 2.47. The number of fused-ring (bicyclic) bond motifs is 1. The van der Waals surface area contributed by atoms with Crippen LogP contribution in [0.5, 0.6) is 0 Å². The molecule has 4 atom stereocenters. The van der Waals surface area contributed by atoms with Crippen LogP contribution in [-0.4, -0.2) is 53.7 Å². The molecule has 3 heterocycles. The van der Waals surface area contributed by atoms with Crippen molar-refractivity contribution in [2.45, 2.75) is 100 Å². The van der Waals surface area contributed by atoms with Crippen LogP contribution in [0.3, 0.4) is 0 Å². The van der Waals surface area contributed by atoms with Crippen LogP contribution in [0.4, 0.5) is 0 Å². The Morgan fingerprint density at radius 1 is 0.800 bits per heavy atom. The minimum atomic E-state index is -0.548. The molecule has 2 spiro atoms. The molecule has 0 aromatic heterocycles. The SMILES string of the molecule is O/N=C1\O[C@H]([C@H]2COC3(CCCCC3)O2)[C@@H]2OC3(CCCCC3)O[C@H]12. The highest BCUT2D eigenvalue weighted by Gasteiger charge is 2.61. The maximum atomic E-state index is 9.36. The predicted molar refractivity (Wildman–Crippen MR) is 86.3 cm³/mol. The van der Waals surface area contributed by atoms with Crippen LogP contribution in [0, 0.1) is 0 Å². The largest absolute Gasteiger partial charge is 0.468 e. The van der Waals surface area contributed by atoms with Gasteiger partial charge in [0.1, 0.15) is 12.2 Å². The fourth-order valence-electron chi connectivity index (χ4n) is 5.13. The van der Waals surface area contributed by atoms with Crippen LogP contribution in [0.1, 0.15) is 64.2 Å². The molecule has 0 amide bonds. The van der Waals surface area contributed by atoms with Crippen molar-refractivity contribution in [2.75, 3.05) is 6.61 Å². The standard InChI is InChI=1S/C18H27NO6/c20-19-16-15-14(24-18(25-15)9-5-2-6-10-18)13(22-16)12-11-21-17(23-12)7-3-1-4-8-17/h12-15,20H,1-11H2/b19-16-/t12-,13-,14+,15+/m1/s1. The lowest BCUT2D eigenvalue weighted by Gasteiger charge is -2.34. The van der Waals surface area contributed by atoms with Gasteiger partial charge in [-0.1, -0.05) is 18.0 Å². The second kappa shape index (κ2) is 6.08. The van der Waals surface area contributed by atoms with E-state index in [-0.39, 0.29) is 24.2 Å². The first-order valence-electron chi connectivity index (χ1n) is 9.79. The van der Waals surface area contributed by atoms with Gasteiger partial charge in [-0.15, -0.1) is 0 Å². The Bertz CT molecular complexity index is 540. The predicted octanol–water partition coefficient (Wildman–Crippen LogP) is 2.69. The molecule has 1 N–H and O–H groups in total. The molecule has 0 aromatic carbocycles. The summed E-state index contributed by atoms with van der Waals surface area (Å²) in [7, 11) is 0. The van der Waals surface area contributed by atoms with Crippen LogP contribution < -0.4 is 0 Å². The molecule has 3 saturated heterocycles. The molecular formula is C18H27NO6. The molecule has 3 aliphatic heterocycles. The van der Waals surface area contributed by atoms with E-state index in [1.807, 2.05) is 0 Å². The monoisotopic (exact) mass is 353 g/mol. The van der Waals surface area contributed by atoms with E-state index in [1.165, 1.54) is 12.8 Å². The minimum absolute atomic E-state index is 0.214. The Hall–Kier alpha value is -0.890. The summed E-state index contributed by atoms with van der Waals surface area (Å²) in [5, 5.41) is 12.7. The Morgan fingerprint density at radius 2 is 1.48 bits per heavy atom. The summed E-state index contributed by atoms with van der Waals surface area (Å²) in [6, 6.07) is 0. The molecule has 5 rings (SSSR count). The second-order valence-corrected chi connectivity index (χ2v) is 8.05. The lowest BCUT2D eigenvalue weighted by molar-refractivity contribution is -0.218. The first-order chi connectivity index (χ1) is 12.2. The zero-order valence-corrected chi connectivity index (χ0v) is 14.5. The lowest BCUT2D eigenvalue weighted by atomic mass is 9.94. The van der Waals surface area contributed by atoms with Crippen LogP contribution in [0.2, 0.25) is 0 Å². The number of oxime groups is 1. The van der Waals surface area contributed by atoms with Crippen molar-refractivity contribution in [2.24, 2.45) is 5.16 Å². The molecule has 0 aromatic rings. The van der Waals surface area contributed by atoms with Crippen LogP contribution in [0.15, 0.2) is 5.16 Å². The zero-order chi connectivity index (χ0) is 16.9. The van der Waals surface area contributed by atoms with Crippen molar-refractivity contribution in [3.05, 3.63) is 0 Å². The minimum Gasteiger partial charge on any atom is -0.468 e. The summed E-state index contributed by atoms with van der Waals surface area (Å²) in [6.45, 7) is 0.489. The van der Waals surface area contributed by atoms with Crippen LogP contribution in [0.25, 0.3) is 0 Å². The van der Waals surface area contributed by atoms with Gasteiger partial charge >= 0.3 is 0 Å². The summed E-state index contributed by atoms with van der Waals surface area (Å²) in [4.78, 5) is 0. The van der Waals surface area contributed by atoms with Gasteiger partial charge in [0.15, 0.2) is 23.8 Å². The van der Waals surface area contributed by atoms with E-state index in [0.717, 1.165) is 51.4 Å². The molecule has 7 heteroatoms. The van der Waals surface area contributed by atoms with E-state index >= 15 is 0 Å². The van der Waals surface area contributed by atoms with Gasteiger partial charge in [0.2, 0.25) is 0 Å². The van der Waals surface area contributed by atoms with Crippen molar-refractivity contribution in [1.82, 2.24) is 0 Å². The average Bonchev–Trinajstić information content (AvgIpc) is 3.29. The average molecular weight is 353 g/mol. The molecule has 140 valence electrons. The number of rotatable bonds is 1. The number of hydrogen-bond acceptors (Lipinski definition) is 7. The normalized spacial score (nSPS) is 43.6. The van der Waals surface area contributed by atoms with Gasteiger partial charge in [0, 0.05) is 25.7 Å². The van der Waals surface area contributed by atoms with Crippen molar-refractivity contribution in [1.29, 1.82) is 0 Å². The molecule has 25 heavy (non-hydrogen) atoms. The lowest BCUT2D eigenvalue weighted by Crippen LogP contribution is -2.43. The number of hydrogen-bond donors (Lipinski definition) is 1. The van der Waals surface area contributed by atoms with Gasteiger partial charge in [0.25, 0.3) is 5.90 Å². The van der Waals surface area contributed by atoms with Gasteiger partial charge in [-0.3, -0.25) is 0 Å². The van der Waals surface area contributed by atoms with Gasteiger partial charge in [-0.2, -0.15) is 0 Å². The van der Waals surface area contributed by atoms with Crippen molar-refractivity contribution < 1.29 is 28.9 Å². The summed E-state index contributed by atoms with van der Waals surface area (Å²) in [5.41, 5.74) is 0. The van der Waals surface area contributed by atoms with E-state index in [1.54, 1.807) is 0 Å². The summed E-state index contributed by atoms with van der Waals surface area (Å²) in [5.74, 6) is -0.790. The van der Waals surface area contributed by atoms with E-state index in [4.69, 9.17) is 23.7 Å². The Balaban J connectivity index is 1.34. The number of ether oxygens (including phenoxy) is 5. The Labute approximate surface area is 147 Å². The Kier molecular flexibility index (Phi) is 3.96. The molecule has 2 saturated carbocycles. The third-order valence-electron chi connectivity index (χ3n) is 6.39. The summed E-state index contributed by atoms with van der Waals surface area (Å²) < 4.78 is 30.8. The topological polar surface area (TPSA) is 78.7 Å². The molecule has 0 unspecified atom stereocenters. The first-order valence-corrected chi connectivity index (χ1v) is 9.79. The molecule has 5 fully saturated rings. The fraction of sp³-hybridized carbons (Fsp3) is 0.944. The molecule has 0 radical (unpaired) electrons. The first kappa shape index (κ1) is 16.3. The van der Waals surface area contributed by atoms with Crippen LogP contribution in [-0.2, 0) is 23.7 Å². The molecule has 5 aliphatic rings. The van der Waals surface area contributed by atoms with Gasteiger partial charge < -0.3 is 28.9 Å². The molecule has 2 aliphatic carbocycles. The van der Waals surface area contributed by atoms with Gasteiger partial charge in [-0.05, 0) is 25.7 Å². The zero-order valence-electron chi connectivity index (χ0n) is 14.5. The highest BCUT2D eigenvalue weighted by molar-refractivity contribution is 5.84. The summed E-state index contributed by atoms with van der Waals surface area (Å²) in [6.07, 6.45) is 9.27. The number of nitrogens with zero attached hydrogens (tertiary/aromatic N) is 1. The highest BCUT2D eigenvalue weighted by atomic mass is 16.8. The Morgan fingerprint density at radius 3 is 2.16 bits per heavy atom. The van der Waals surface area contributed by atoms with E-state index in [0.29, 0.717) is 6.61 Å². The van der Waals surface area contributed by atoms with E-state index in [9.17, 15) is 5.21 Å².